The summed E-state index contributed by atoms with van der Waals surface area (Å²) >= 11 is 0. The van der Waals surface area contributed by atoms with Gasteiger partial charge in [-0.15, -0.1) is 0 Å². The number of ether oxygens (including phenoxy) is 1. The van der Waals surface area contributed by atoms with Crippen molar-refractivity contribution in [3.05, 3.63) is 0 Å². The zero-order valence-electron chi connectivity index (χ0n) is 10.7. The Balaban J connectivity index is 3.28. The van der Waals surface area contributed by atoms with Gasteiger partial charge in [0.05, 0.1) is 18.8 Å². The fraction of sp³-hybridized carbons (Fsp3) is 1.00. The third-order valence-corrected chi connectivity index (χ3v) is 2.66. The minimum absolute atomic E-state index is 0.270. The smallest absolute Gasteiger partial charge is 0.0773 e. The summed E-state index contributed by atoms with van der Waals surface area (Å²) < 4.78 is 5.59. The zero-order valence-corrected chi connectivity index (χ0v) is 10.7. The largest absolute Gasteiger partial charge is 0.391 e. The Kier molecular flexibility index (Phi) is 10.4. The molecule has 0 heterocycles. The summed E-state index contributed by atoms with van der Waals surface area (Å²) in [6, 6.07) is 0. The van der Waals surface area contributed by atoms with E-state index in [0.717, 1.165) is 19.3 Å². The first-order valence-electron chi connectivity index (χ1n) is 6.50. The number of hydrogen-bond donors (Lipinski definition) is 1. The molecule has 0 aliphatic carbocycles. The van der Waals surface area contributed by atoms with Crippen molar-refractivity contribution in [2.24, 2.45) is 0 Å². The third-order valence-electron chi connectivity index (χ3n) is 2.66. The van der Waals surface area contributed by atoms with Crippen molar-refractivity contribution in [3.8, 4) is 0 Å². The molecule has 0 spiro atoms. The van der Waals surface area contributed by atoms with Gasteiger partial charge in [0, 0.05) is 0 Å². The van der Waals surface area contributed by atoms with Gasteiger partial charge in [-0.05, 0) is 19.8 Å². The Morgan fingerprint density at radius 2 is 1.73 bits per heavy atom. The molecule has 92 valence electrons. The minimum Gasteiger partial charge on any atom is -0.391 e. The maximum atomic E-state index is 9.48. The predicted molar refractivity (Wildman–Crippen MR) is 65.1 cm³/mol. The minimum atomic E-state index is -0.270. The summed E-state index contributed by atoms with van der Waals surface area (Å²) in [5.74, 6) is 0. The van der Waals surface area contributed by atoms with E-state index in [1.807, 2.05) is 0 Å². The molecule has 0 aliphatic heterocycles. The first-order valence-corrected chi connectivity index (χ1v) is 6.50. The van der Waals surface area contributed by atoms with Crippen LogP contribution in [0.1, 0.15) is 65.7 Å². The summed E-state index contributed by atoms with van der Waals surface area (Å²) in [6.07, 6.45) is 8.19. The second-order valence-electron chi connectivity index (χ2n) is 4.44. The molecule has 1 N–H and O–H groups in total. The molecule has 15 heavy (non-hydrogen) atoms. The van der Waals surface area contributed by atoms with Gasteiger partial charge in [-0.2, -0.15) is 0 Å². The quantitative estimate of drug-likeness (QED) is 0.566. The van der Waals surface area contributed by atoms with Crippen molar-refractivity contribution in [1.29, 1.82) is 0 Å². The van der Waals surface area contributed by atoms with Gasteiger partial charge in [0.25, 0.3) is 0 Å². The molecule has 0 fully saturated rings. The molecule has 2 atom stereocenters. The second-order valence-corrected chi connectivity index (χ2v) is 4.44. The number of rotatable bonds is 10. The van der Waals surface area contributed by atoms with Crippen molar-refractivity contribution < 1.29 is 9.84 Å². The average molecular weight is 216 g/mol. The molecule has 2 heteroatoms. The molecule has 0 aliphatic rings. The Labute approximate surface area is 95.0 Å². The van der Waals surface area contributed by atoms with Crippen molar-refractivity contribution >= 4 is 0 Å². The molecule has 0 saturated heterocycles. The first kappa shape index (κ1) is 14.9. The normalized spacial score (nSPS) is 15.2. The van der Waals surface area contributed by atoms with Crippen LogP contribution in [0.15, 0.2) is 0 Å². The fourth-order valence-corrected chi connectivity index (χ4v) is 1.63. The van der Waals surface area contributed by atoms with Crippen LogP contribution >= 0.6 is 0 Å². The third kappa shape index (κ3) is 10.2. The summed E-state index contributed by atoms with van der Waals surface area (Å²) in [5.41, 5.74) is 0. The number of aliphatic hydroxyl groups is 1. The van der Waals surface area contributed by atoms with Gasteiger partial charge in [0.2, 0.25) is 0 Å². The molecular formula is C13H28O2. The van der Waals surface area contributed by atoms with Gasteiger partial charge < -0.3 is 9.84 Å². The van der Waals surface area contributed by atoms with Gasteiger partial charge in [0.15, 0.2) is 0 Å². The Morgan fingerprint density at radius 1 is 1.00 bits per heavy atom. The van der Waals surface area contributed by atoms with Crippen molar-refractivity contribution in [3.63, 3.8) is 0 Å². The van der Waals surface area contributed by atoms with Crippen LogP contribution in [-0.4, -0.2) is 23.9 Å². The topological polar surface area (TPSA) is 29.5 Å². The summed E-state index contributed by atoms with van der Waals surface area (Å²) in [5, 5.41) is 9.48. The number of aliphatic hydroxyl groups excluding tert-OH is 1. The van der Waals surface area contributed by atoms with Gasteiger partial charge in [-0.3, -0.25) is 0 Å². The van der Waals surface area contributed by atoms with E-state index in [9.17, 15) is 5.11 Å². The SMILES string of the molecule is CCCCCCC(C)OCC(O)CCC. The van der Waals surface area contributed by atoms with Crippen LogP contribution in [-0.2, 0) is 4.74 Å². The van der Waals surface area contributed by atoms with Crippen LogP contribution in [0.25, 0.3) is 0 Å². The van der Waals surface area contributed by atoms with Crippen molar-refractivity contribution in [2.45, 2.75) is 77.9 Å². The highest BCUT2D eigenvalue weighted by Gasteiger charge is 2.06. The fourth-order valence-electron chi connectivity index (χ4n) is 1.63. The Hall–Kier alpha value is -0.0800. The predicted octanol–water partition coefficient (Wildman–Crippen LogP) is 3.52. The second kappa shape index (κ2) is 10.4. The lowest BCUT2D eigenvalue weighted by Gasteiger charge is -2.15. The van der Waals surface area contributed by atoms with E-state index < -0.39 is 0 Å². The van der Waals surface area contributed by atoms with E-state index in [1.54, 1.807) is 0 Å². The van der Waals surface area contributed by atoms with E-state index in [-0.39, 0.29) is 6.10 Å². The lowest BCUT2D eigenvalue weighted by molar-refractivity contribution is -0.00851. The molecule has 0 saturated carbocycles. The monoisotopic (exact) mass is 216 g/mol. The van der Waals surface area contributed by atoms with Crippen LogP contribution in [0.4, 0.5) is 0 Å². The van der Waals surface area contributed by atoms with Gasteiger partial charge in [0.1, 0.15) is 0 Å². The highest BCUT2D eigenvalue weighted by Crippen LogP contribution is 2.08. The molecule has 0 bridgehead atoms. The highest BCUT2D eigenvalue weighted by atomic mass is 16.5. The molecule has 2 unspecified atom stereocenters. The van der Waals surface area contributed by atoms with E-state index >= 15 is 0 Å². The van der Waals surface area contributed by atoms with Crippen LogP contribution in [0.5, 0.6) is 0 Å². The van der Waals surface area contributed by atoms with E-state index in [4.69, 9.17) is 4.74 Å². The van der Waals surface area contributed by atoms with Crippen molar-refractivity contribution in [1.82, 2.24) is 0 Å². The molecule has 0 aromatic carbocycles. The molecule has 0 amide bonds. The molecule has 0 radical (unpaired) electrons. The standard InChI is InChI=1S/C13H28O2/c1-4-6-7-8-10-12(3)15-11-13(14)9-5-2/h12-14H,4-11H2,1-3H3. The molecular weight excluding hydrogens is 188 g/mol. The Morgan fingerprint density at radius 3 is 2.33 bits per heavy atom. The van der Waals surface area contributed by atoms with Gasteiger partial charge in [-0.25, -0.2) is 0 Å². The summed E-state index contributed by atoms with van der Waals surface area (Å²) in [4.78, 5) is 0. The van der Waals surface area contributed by atoms with Crippen LogP contribution < -0.4 is 0 Å². The van der Waals surface area contributed by atoms with Gasteiger partial charge >= 0.3 is 0 Å². The van der Waals surface area contributed by atoms with Crippen LogP contribution in [0, 0.1) is 0 Å². The van der Waals surface area contributed by atoms with Gasteiger partial charge in [-0.1, -0.05) is 46.0 Å². The molecule has 0 rings (SSSR count). The van der Waals surface area contributed by atoms with E-state index in [1.165, 1.54) is 25.7 Å². The molecule has 0 aromatic rings. The average Bonchev–Trinajstić information content (AvgIpc) is 2.22. The maximum absolute atomic E-state index is 9.48. The molecule has 2 nitrogen and oxygen atoms in total. The number of unbranched alkanes of at least 4 members (excludes halogenated alkanes) is 3. The molecule has 0 aromatic heterocycles. The van der Waals surface area contributed by atoms with E-state index in [0.29, 0.717) is 12.7 Å². The lowest BCUT2D eigenvalue weighted by Crippen LogP contribution is -2.19. The van der Waals surface area contributed by atoms with Crippen LogP contribution in [0.2, 0.25) is 0 Å². The van der Waals surface area contributed by atoms with Crippen molar-refractivity contribution in [2.75, 3.05) is 6.61 Å². The summed E-state index contributed by atoms with van der Waals surface area (Å²) in [7, 11) is 0. The maximum Gasteiger partial charge on any atom is 0.0773 e. The zero-order chi connectivity index (χ0) is 11.5. The summed E-state index contributed by atoms with van der Waals surface area (Å²) in [6.45, 7) is 6.91. The Bertz CT molecular complexity index is 126. The lowest BCUT2D eigenvalue weighted by atomic mass is 10.1. The first-order chi connectivity index (χ1) is 7.20. The van der Waals surface area contributed by atoms with Crippen LogP contribution in [0.3, 0.4) is 0 Å². The van der Waals surface area contributed by atoms with E-state index in [2.05, 4.69) is 20.8 Å². The highest BCUT2D eigenvalue weighted by molar-refractivity contribution is 4.56. The number of hydrogen-bond acceptors (Lipinski definition) is 2.